The van der Waals surface area contributed by atoms with Gasteiger partial charge in [0.25, 0.3) is 0 Å². The topological polar surface area (TPSA) is 77.8 Å². The third-order valence-electron chi connectivity index (χ3n) is 2.11. The van der Waals surface area contributed by atoms with Crippen molar-refractivity contribution in [1.82, 2.24) is 0 Å². The summed E-state index contributed by atoms with van der Waals surface area (Å²) in [5.74, 6) is -1.35. The Kier molecular flexibility index (Phi) is 4.36. The van der Waals surface area contributed by atoms with Gasteiger partial charge < -0.3 is 15.3 Å². The second kappa shape index (κ2) is 4.58. The van der Waals surface area contributed by atoms with Gasteiger partial charge in [0, 0.05) is 0 Å². The van der Waals surface area contributed by atoms with E-state index in [0.29, 0.717) is 12.8 Å². The van der Waals surface area contributed by atoms with Crippen LogP contribution in [0.5, 0.6) is 0 Å². The minimum Gasteiger partial charge on any atom is -0.481 e. The summed E-state index contributed by atoms with van der Waals surface area (Å²) in [6.45, 7) is 4.59. The summed E-state index contributed by atoms with van der Waals surface area (Å²) in [6, 6.07) is 0. The first kappa shape index (κ1) is 12.4. The highest BCUT2D eigenvalue weighted by atomic mass is 16.4. The lowest BCUT2D eigenvalue weighted by Gasteiger charge is -2.24. The van der Waals surface area contributed by atoms with E-state index in [1.165, 1.54) is 13.8 Å². The van der Waals surface area contributed by atoms with E-state index >= 15 is 0 Å². The molecule has 0 amide bonds. The maximum atomic E-state index is 10.4. The van der Waals surface area contributed by atoms with E-state index in [9.17, 15) is 15.0 Å². The van der Waals surface area contributed by atoms with Crippen LogP contribution in [0.15, 0.2) is 0 Å². The number of carbonyl (C=O) groups is 1. The summed E-state index contributed by atoms with van der Waals surface area (Å²) in [5.41, 5.74) is -1.15. The van der Waals surface area contributed by atoms with Crippen LogP contribution in [0.2, 0.25) is 0 Å². The van der Waals surface area contributed by atoms with Gasteiger partial charge in [0.2, 0.25) is 0 Å². The standard InChI is InChI=1S/C9H18O4/c1-6(8(11)12)4-5-7(10)9(2,3)13/h6-7,10,13H,4-5H2,1-3H3,(H,11,12). The molecule has 0 saturated heterocycles. The lowest BCUT2D eigenvalue weighted by atomic mass is 9.94. The Labute approximate surface area is 78.2 Å². The van der Waals surface area contributed by atoms with Crippen LogP contribution in [-0.2, 0) is 4.79 Å². The Morgan fingerprint density at radius 1 is 1.38 bits per heavy atom. The van der Waals surface area contributed by atoms with Crippen LogP contribution in [-0.4, -0.2) is 33.0 Å². The van der Waals surface area contributed by atoms with Gasteiger partial charge in [0.1, 0.15) is 0 Å². The molecule has 0 saturated carbocycles. The molecule has 0 aromatic rings. The molecule has 0 aliphatic carbocycles. The van der Waals surface area contributed by atoms with Crippen LogP contribution in [0.4, 0.5) is 0 Å². The molecule has 0 aliphatic rings. The van der Waals surface area contributed by atoms with Gasteiger partial charge in [-0.2, -0.15) is 0 Å². The fourth-order valence-electron chi connectivity index (χ4n) is 0.885. The average Bonchev–Trinajstić information content (AvgIpc) is 1.97. The van der Waals surface area contributed by atoms with Crippen LogP contribution >= 0.6 is 0 Å². The molecule has 0 bridgehead atoms. The van der Waals surface area contributed by atoms with Crippen LogP contribution in [0.3, 0.4) is 0 Å². The third kappa shape index (κ3) is 4.85. The van der Waals surface area contributed by atoms with Crippen molar-refractivity contribution in [1.29, 1.82) is 0 Å². The van der Waals surface area contributed by atoms with E-state index in [4.69, 9.17) is 5.11 Å². The van der Waals surface area contributed by atoms with Crippen molar-refractivity contribution in [2.75, 3.05) is 0 Å². The summed E-state index contributed by atoms with van der Waals surface area (Å²) >= 11 is 0. The van der Waals surface area contributed by atoms with Gasteiger partial charge in [0.15, 0.2) is 0 Å². The number of carboxylic acid groups (broad SMARTS) is 1. The molecule has 78 valence electrons. The molecule has 4 nitrogen and oxygen atoms in total. The second-order valence-electron chi connectivity index (χ2n) is 3.99. The van der Waals surface area contributed by atoms with Gasteiger partial charge in [0.05, 0.1) is 17.6 Å². The number of aliphatic carboxylic acids is 1. The molecule has 3 N–H and O–H groups in total. The molecule has 0 rings (SSSR count). The molecule has 2 atom stereocenters. The maximum Gasteiger partial charge on any atom is 0.306 e. The number of carboxylic acids is 1. The SMILES string of the molecule is CC(CCC(O)C(C)(C)O)C(=O)O. The summed E-state index contributed by atoms with van der Waals surface area (Å²) in [5, 5.41) is 27.3. The van der Waals surface area contributed by atoms with Crippen molar-refractivity contribution >= 4 is 5.97 Å². The fourth-order valence-corrected chi connectivity index (χ4v) is 0.885. The molecule has 4 heteroatoms. The van der Waals surface area contributed by atoms with Crippen molar-refractivity contribution in [3.05, 3.63) is 0 Å². The molecule has 13 heavy (non-hydrogen) atoms. The lowest BCUT2D eigenvalue weighted by Crippen LogP contribution is -2.36. The number of aliphatic hydroxyl groups excluding tert-OH is 1. The fraction of sp³-hybridized carbons (Fsp3) is 0.889. The minimum absolute atomic E-state index is 0.303. The first-order valence-corrected chi connectivity index (χ1v) is 4.38. The Hall–Kier alpha value is -0.610. The molecule has 2 unspecified atom stereocenters. The van der Waals surface area contributed by atoms with E-state index in [1.54, 1.807) is 6.92 Å². The Balaban J connectivity index is 3.83. The summed E-state index contributed by atoms with van der Waals surface area (Å²) in [7, 11) is 0. The second-order valence-corrected chi connectivity index (χ2v) is 3.99. The zero-order chi connectivity index (χ0) is 10.6. The number of rotatable bonds is 5. The molecule has 0 aliphatic heterocycles. The van der Waals surface area contributed by atoms with E-state index in [2.05, 4.69) is 0 Å². The third-order valence-corrected chi connectivity index (χ3v) is 2.11. The maximum absolute atomic E-state index is 10.4. The van der Waals surface area contributed by atoms with E-state index < -0.39 is 23.6 Å². The van der Waals surface area contributed by atoms with Gasteiger partial charge in [-0.3, -0.25) is 4.79 Å². The van der Waals surface area contributed by atoms with Crippen molar-refractivity contribution in [2.45, 2.75) is 45.3 Å². The van der Waals surface area contributed by atoms with Gasteiger partial charge in [-0.25, -0.2) is 0 Å². The van der Waals surface area contributed by atoms with Crippen LogP contribution in [0.1, 0.15) is 33.6 Å². The highest BCUT2D eigenvalue weighted by Crippen LogP contribution is 2.16. The number of hydrogen-bond acceptors (Lipinski definition) is 3. The van der Waals surface area contributed by atoms with Crippen molar-refractivity contribution in [3.8, 4) is 0 Å². The molecule has 0 aromatic heterocycles. The molecule has 0 radical (unpaired) electrons. The van der Waals surface area contributed by atoms with Crippen molar-refractivity contribution < 1.29 is 20.1 Å². The zero-order valence-electron chi connectivity index (χ0n) is 8.32. The Morgan fingerprint density at radius 3 is 2.15 bits per heavy atom. The average molecular weight is 190 g/mol. The summed E-state index contributed by atoms with van der Waals surface area (Å²) in [4.78, 5) is 10.4. The highest BCUT2D eigenvalue weighted by Gasteiger charge is 2.25. The first-order chi connectivity index (χ1) is 5.75. The molecule has 0 spiro atoms. The molecular weight excluding hydrogens is 172 g/mol. The quantitative estimate of drug-likeness (QED) is 0.594. The Bertz CT molecular complexity index is 171. The minimum atomic E-state index is -1.15. The Morgan fingerprint density at radius 2 is 1.85 bits per heavy atom. The van der Waals surface area contributed by atoms with Crippen molar-refractivity contribution in [2.24, 2.45) is 5.92 Å². The molecule has 0 fully saturated rings. The van der Waals surface area contributed by atoms with E-state index in [1.807, 2.05) is 0 Å². The summed E-state index contributed by atoms with van der Waals surface area (Å²) < 4.78 is 0. The molecule has 0 aromatic carbocycles. The largest absolute Gasteiger partial charge is 0.481 e. The first-order valence-electron chi connectivity index (χ1n) is 4.38. The lowest BCUT2D eigenvalue weighted by molar-refractivity contribution is -0.141. The van der Waals surface area contributed by atoms with Gasteiger partial charge in [-0.15, -0.1) is 0 Å². The van der Waals surface area contributed by atoms with Gasteiger partial charge >= 0.3 is 5.97 Å². The van der Waals surface area contributed by atoms with Crippen LogP contribution in [0, 0.1) is 5.92 Å². The predicted octanol–water partition coefficient (Wildman–Crippen LogP) is 0.619. The highest BCUT2D eigenvalue weighted by molar-refractivity contribution is 5.69. The van der Waals surface area contributed by atoms with Gasteiger partial charge in [-0.05, 0) is 26.7 Å². The zero-order valence-corrected chi connectivity index (χ0v) is 8.32. The van der Waals surface area contributed by atoms with E-state index in [0.717, 1.165) is 0 Å². The smallest absolute Gasteiger partial charge is 0.306 e. The van der Waals surface area contributed by atoms with E-state index in [-0.39, 0.29) is 0 Å². The molecular formula is C9H18O4. The summed E-state index contributed by atoms with van der Waals surface area (Å²) in [6.07, 6.45) is -0.188. The van der Waals surface area contributed by atoms with Crippen LogP contribution < -0.4 is 0 Å². The number of aliphatic hydroxyl groups is 2. The monoisotopic (exact) mass is 190 g/mol. The predicted molar refractivity (Wildman–Crippen MR) is 48.3 cm³/mol. The number of hydrogen-bond donors (Lipinski definition) is 3. The van der Waals surface area contributed by atoms with Gasteiger partial charge in [-0.1, -0.05) is 6.92 Å². The van der Waals surface area contributed by atoms with Crippen LogP contribution in [0.25, 0.3) is 0 Å². The van der Waals surface area contributed by atoms with Crippen molar-refractivity contribution in [3.63, 3.8) is 0 Å². The normalized spacial score (nSPS) is 16.7. The molecule has 0 heterocycles.